The van der Waals surface area contributed by atoms with Crippen LogP contribution in [0.2, 0.25) is 0 Å². The highest BCUT2D eigenvalue weighted by Gasteiger charge is 2.50. The molecule has 5 heteroatoms. The van der Waals surface area contributed by atoms with Crippen molar-refractivity contribution in [3.8, 4) is 0 Å². The Balaban J connectivity index is 0.00000232. The van der Waals surface area contributed by atoms with E-state index in [4.69, 9.17) is 14.2 Å². The molecule has 0 aliphatic rings. The van der Waals surface area contributed by atoms with Crippen LogP contribution in [0.15, 0.2) is 30.3 Å². The minimum Gasteiger partial charge on any atom is -0.463 e. The van der Waals surface area contributed by atoms with Crippen LogP contribution in [0.3, 0.4) is 0 Å². The highest BCUT2D eigenvalue weighted by Crippen LogP contribution is 2.22. The third-order valence-electron chi connectivity index (χ3n) is 2.90. The maximum absolute atomic E-state index is 12.3. The first-order chi connectivity index (χ1) is 11.1. The van der Waals surface area contributed by atoms with Crippen LogP contribution in [-0.4, -0.2) is 37.4 Å². The maximum Gasteiger partial charge on any atom is 0.350 e. The van der Waals surface area contributed by atoms with Crippen molar-refractivity contribution in [1.29, 1.82) is 0 Å². The standard InChI is InChI=1S/C16H22O5.C2H6/c1-4-19-14(17)16(21-6-3,15(18)20-5-2)12-13-10-8-7-9-11-13;1-2/h7-11H,4-6,12H2,1-3H3;1-2H3. The SMILES string of the molecule is CC.CCOC(=O)C(Cc1ccccc1)(OCC)C(=O)OCC. The summed E-state index contributed by atoms with van der Waals surface area (Å²) in [5, 5.41) is 0. The molecule has 1 aromatic carbocycles. The van der Waals surface area contributed by atoms with Gasteiger partial charge in [-0.15, -0.1) is 0 Å². The maximum atomic E-state index is 12.3. The number of benzene rings is 1. The van der Waals surface area contributed by atoms with Crippen LogP contribution in [0.4, 0.5) is 0 Å². The summed E-state index contributed by atoms with van der Waals surface area (Å²) in [6.07, 6.45) is 0.0827. The molecule has 0 saturated carbocycles. The molecule has 5 nitrogen and oxygen atoms in total. The molecule has 0 amide bonds. The fourth-order valence-electron chi connectivity index (χ4n) is 2.02. The molecule has 0 aliphatic carbocycles. The molecule has 0 heterocycles. The molecule has 0 radical (unpaired) electrons. The van der Waals surface area contributed by atoms with Gasteiger partial charge in [-0.3, -0.25) is 0 Å². The van der Waals surface area contributed by atoms with Gasteiger partial charge in [0, 0.05) is 13.0 Å². The van der Waals surface area contributed by atoms with Crippen molar-refractivity contribution in [2.75, 3.05) is 19.8 Å². The Kier molecular flexibility index (Phi) is 10.7. The zero-order chi connectivity index (χ0) is 17.7. The minimum atomic E-state index is -1.75. The smallest absolute Gasteiger partial charge is 0.350 e. The van der Waals surface area contributed by atoms with E-state index in [9.17, 15) is 9.59 Å². The van der Waals surface area contributed by atoms with Crippen molar-refractivity contribution in [3.63, 3.8) is 0 Å². The number of carbonyl (C=O) groups excluding carboxylic acids is 2. The van der Waals surface area contributed by atoms with Gasteiger partial charge in [-0.2, -0.15) is 0 Å². The second kappa shape index (κ2) is 11.7. The van der Waals surface area contributed by atoms with Gasteiger partial charge in [0.15, 0.2) is 0 Å². The number of rotatable bonds is 8. The fraction of sp³-hybridized carbons (Fsp3) is 0.556. The van der Waals surface area contributed by atoms with E-state index in [0.717, 1.165) is 5.56 Å². The lowest BCUT2D eigenvalue weighted by Gasteiger charge is -2.28. The third kappa shape index (κ3) is 6.02. The monoisotopic (exact) mass is 324 g/mol. The van der Waals surface area contributed by atoms with Crippen LogP contribution in [0.1, 0.15) is 40.2 Å². The van der Waals surface area contributed by atoms with Gasteiger partial charge >= 0.3 is 11.9 Å². The van der Waals surface area contributed by atoms with Crippen molar-refractivity contribution in [1.82, 2.24) is 0 Å². The van der Waals surface area contributed by atoms with E-state index >= 15 is 0 Å². The Bertz CT molecular complexity index is 438. The summed E-state index contributed by atoms with van der Waals surface area (Å²) in [6.45, 7) is 9.62. The molecule has 0 aliphatic heterocycles. The normalized spacial score (nSPS) is 10.3. The van der Waals surface area contributed by atoms with Gasteiger partial charge in [0.2, 0.25) is 0 Å². The number of hydrogen-bond donors (Lipinski definition) is 0. The summed E-state index contributed by atoms with van der Waals surface area (Å²) in [6, 6.07) is 9.18. The van der Waals surface area contributed by atoms with Crippen molar-refractivity contribution in [2.45, 2.75) is 46.6 Å². The molecule has 1 rings (SSSR count). The molecule has 23 heavy (non-hydrogen) atoms. The second-order valence-electron chi connectivity index (χ2n) is 4.36. The molecular formula is C18H28O5. The molecular weight excluding hydrogens is 296 g/mol. The largest absolute Gasteiger partial charge is 0.463 e. The highest BCUT2D eigenvalue weighted by molar-refractivity contribution is 6.04. The summed E-state index contributed by atoms with van der Waals surface area (Å²) >= 11 is 0. The third-order valence-corrected chi connectivity index (χ3v) is 2.90. The lowest BCUT2D eigenvalue weighted by Crippen LogP contribution is -2.53. The fourth-order valence-corrected chi connectivity index (χ4v) is 2.02. The van der Waals surface area contributed by atoms with Gasteiger partial charge in [-0.25, -0.2) is 9.59 Å². The first kappa shape index (κ1) is 21.1. The van der Waals surface area contributed by atoms with Gasteiger partial charge in [0.05, 0.1) is 13.2 Å². The molecule has 0 spiro atoms. The Morgan fingerprint density at radius 3 is 1.74 bits per heavy atom. The predicted octanol–water partition coefficient (Wildman–Crippen LogP) is 3.16. The van der Waals surface area contributed by atoms with E-state index in [-0.39, 0.29) is 26.2 Å². The van der Waals surface area contributed by atoms with Crippen LogP contribution in [0.25, 0.3) is 0 Å². The van der Waals surface area contributed by atoms with E-state index in [1.165, 1.54) is 0 Å². The van der Waals surface area contributed by atoms with Crippen molar-refractivity contribution in [2.24, 2.45) is 0 Å². The second-order valence-corrected chi connectivity index (χ2v) is 4.36. The van der Waals surface area contributed by atoms with Crippen LogP contribution < -0.4 is 0 Å². The zero-order valence-corrected chi connectivity index (χ0v) is 14.8. The summed E-state index contributed by atoms with van der Waals surface area (Å²) in [5.41, 5.74) is -0.950. The quantitative estimate of drug-likeness (QED) is 0.543. The molecule has 0 N–H and O–H groups in total. The van der Waals surface area contributed by atoms with E-state index < -0.39 is 17.5 Å². The van der Waals surface area contributed by atoms with Crippen molar-refractivity contribution in [3.05, 3.63) is 35.9 Å². The summed E-state index contributed by atoms with van der Waals surface area (Å²) in [5.74, 6) is -1.43. The molecule has 130 valence electrons. The lowest BCUT2D eigenvalue weighted by atomic mass is 9.94. The van der Waals surface area contributed by atoms with Crippen LogP contribution in [-0.2, 0) is 30.2 Å². The van der Waals surface area contributed by atoms with Gasteiger partial charge < -0.3 is 14.2 Å². The first-order valence-electron chi connectivity index (χ1n) is 8.13. The number of ether oxygens (including phenoxy) is 3. The highest BCUT2D eigenvalue weighted by atomic mass is 16.6. The summed E-state index contributed by atoms with van der Waals surface area (Å²) in [4.78, 5) is 24.7. The lowest BCUT2D eigenvalue weighted by molar-refractivity contribution is -0.190. The number of hydrogen-bond acceptors (Lipinski definition) is 5. The van der Waals surface area contributed by atoms with E-state index in [0.29, 0.717) is 0 Å². The first-order valence-corrected chi connectivity index (χ1v) is 8.13. The van der Waals surface area contributed by atoms with E-state index in [1.807, 2.05) is 44.2 Å². The molecule has 0 aromatic heterocycles. The molecule has 0 atom stereocenters. The molecule has 0 fully saturated rings. The Morgan fingerprint density at radius 1 is 0.870 bits per heavy atom. The Morgan fingerprint density at radius 2 is 1.35 bits per heavy atom. The van der Waals surface area contributed by atoms with Gasteiger partial charge in [-0.1, -0.05) is 44.2 Å². The number of carbonyl (C=O) groups is 2. The average Bonchev–Trinajstić information content (AvgIpc) is 2.57. The summed E-state index contributed by atoms with van der Waals surface area (Å²) < 4.78 is 15.6. The van der Waals surface area contributed by atoms with Crippen molar-refractivity contribution >= 4 is 11.9 Å². The van der Waals surface area contributed by atoms with E-state index in [1.54, 1.807) is 20.8 Å². The van der Waals surface area contributed by atoms with Gasteiger partial charge in [0.25, 0.3) is 5.60 Å². The Labute approximate surface area is 138 Å². The average molecular weight is 324 g/mol. The van der Waals surface area contributed by atoms with Crippen LogP contribution >= 0.6 is 0 Å². The van der Waals surface area contributed by atoms with Crippen molar-refractivity contribution < 1.29 is 23.8 Å². The van der Waals surface area contributed by atoms with Gasteiger partial charge in [-0.05, 0) is 26.3 Å². The minimum absolute atomic E-state index is 0.0827. The zero-order valence-electron chi connectivity index (χ0n) is 14.8. The Hall–Kier alpha value is -1.88. The van der Waals surface area contributed by atoms with E-state index in [2.05, 4.69) is 0 Å². The number of esters is 2. The topological polar surface area (TPSA) is 61.8 Å². The van der Waals surface area contributed by atoms with Crippen LogP contribution in [0, 0.1) is 0 Å². The predicted molar refractivity (Wildman–Crippen MR) is 89.1 cm³/mol. The van der Waals surface area contributed by atoms with Crippen LogP contribution in [0.5, 0.6) is 0 Å². The van der Waals surface area contributed by atoms with Gasteiger partial charge in [0.1, 0.15) is 0 Å². The molecule has 0 unspecified atom stereocenters. The molecule has 0 saturated heterocycles. The molecule has 1 aromatic rings. The summed E-state index contributed by atoms with van der Waals surface area (Å²) in [7, 11) is 0. The molecule has 0 bridgehead atoms.